The average Bonchev–Trinajstić information content (AvgIpc) is 1.85. The maximum atomic E-state index is 7.36. The van der Waals surface area contributed by atoms with Crippen molar-refractivity contribution >= 4 is 5.84 Å². The molecule has 0 aliphatic rings. The van der Waals surface area contributed by atoms with Gasteiger partial charge in [-0.1, -0.05) is 20.8 Å². The van der Waals surface area contributed by atoms with Crippen molar-refractivity contribution in [3.63, 3.8) is 0 Å². The van der Waals surface area contributed by atoms with Gasteiger partial charge in [-0.15, -0.1) is 0 Å². The molecule has 3 nitrogen and oxygen atoms in total. The van der Waals surface area contributed by atoms with E-state index in [9.17, 15) is 0 Å². The molecule has 0 radical (unpaired) electrons. The van der Waals surface area contributed by atoms with Crippen molar-refractivity contribution in [1.29, 1.82) is 5.41 Å². The summed E-state index contributed by atoms with van der Waals surface area (Å²) in [6.45, 7) is 7.40. The van der Waals surface area contributed by atoms with E-state index < -0.39 is 0 Å². The van der Waals surface area contributed by atoms with Crippen molar-refractivity contribution in [3.8, 4) is 0 Å². The maximum Gasteiger partial charge on any atom is 0.108 e. The SMILES string of the molecule is CCC(C(=N)N)N(C)CC(C)C. The van der Waals surface area contributed by atoms with E-state index in [0.29, 0.717) is 5.92 Å². The summed E-state index contributed by atoms with van der Waals surface area (Å²) < 4.78 is 0. The van der Waals surface area contributed by atoms with Crippen LogP contribution in [0.3, 0.4) is 0 Å². The largest absolute Gasteiger partial charge is 0.386 e. The zero-order chi connectivity index (χ0) is 9.72. The van der Waals surface area contributed by atoms with Gasteiger partial charge in [-0.2, -0.15) is 0 Å². The Kier molecular flexibility index (Phi) is 4.90. The Morgan fingerprint density at radius 1 is 1.50 bits per heavy atom. The zero-order valence-electron chi connectivity index (χ0n) is 8.59. The molecular weight excluding hydrogens is 150 g/mol. The number of hydrogen-bond acceptors (Lipinski definition) is 2. The van der Waals surface area contributed by atoms with Crippen LogP contribution in [-0.2, 0) is 0 Å². The minimum Gasteiger partial charge on any atom is -0.386 e. The van der Waals surface area contributed by atoms with Crippen LogP contribution in [0.2, 0.25) is 0 Å². The lowest BCUT2D eigenvalue weighted by Crippen LogP contribution is -2.43. The molecule has 0 rings (SSSR count). The molecule has 0 amide bonds. The van der Waals surface area contributed by atoms with E-state index in [1.54, 1.807) is 0 Å². The predicted molar refractivity (Wildman–Crippen MR) is 53.5 cm³/mol. The fourth-order valence-corrected chi connectivity index (χ4v) is 1.47. The molecule has 1 unspecified atom stereocenters. The number of likely N-dealkylation sites (N-methyl/N-ethyl adjacent to an activating group) is 1. The first-order valence-corrected chi connectivity index (χ1v) is 4.53. The quantitative estimate of drug-likeness (QED) is 0.484. The van der Waals surface area contributed by atoms with Gasteiger partial charge in [0.15, 0.2) is 0 Å². The van der Waals surface area contributed by atoms with E-state index in [1.165, 1.54) is 0 Å². The number of nitrogens with two attached hydrogens (primary N) is 1. The molecule has 0 heterocycles. The van der Waals surface area contributed by atoms with Crippen LogP contribution in [0.1, 0.15) is 27.2 Å². The molecule has 3 heteroatoms. The van der Waals surface area contributed by atoms with Crippen LogP contribution in [0, 0.1) is 11.3 Å². The van der Waals surface area contributed by atoms with Crippen molar-refractivity contribution < 1.29 is 0 Å². The molecule has 1 atom stereocenters. The van der Waals surface area contributed by atoms with E-state index in [4.69, 9.17) is 11.1 Å². The molecular formula is C9H21N3. The lowest BCUT2D eigenvalue weighted by molar-refractivity contribution is 0.257. The van der Waals surface area contributed by atoms with Gasteiger partial charge in [-0.25, -0.2) is 0 Å². The first-order valence-electron chi connectivity index (χ1n) is 4.53. The van der Waals surface area contributed by atoms with Crippen molar-refractivity contribution in [2.75, 3.05) is 13.6 Å². The monoisotopic (exact) mass is 171 g/mol. The molecule has 72 valence electrons. The summed E-state index contributed by atoms with van der Waals surface area (Å²) in [5.41, 5.74) is 5.47. The molecule has 0 fully saturated rings. The van der Waals surface area contributed by atoms with Gasteiger partial charge in [0, 0.05) is 6.54 Å². The molecule has 0 saturated heterocycles. The fourth-order valence-electron chi connectivity index (χ4n) is 1.47. The van der Waals surface area contributed by atoms with E-state index >= 15 is 0 Å². The molecule has 0 aromatic heterocycles. The van der Waals surface area contributed by atoms with E-state index in [-0.39, 0.29) is 11.9 Å². The van der Waals surface area contributed by atoms with Gasteiger partial charge in [0.2, 0.25) is 0 Å². The number of amidine groups is 1. The first-order chi connectivity index (χ1) is 5.49. The van der Waals surface area contributed by atoms with Crippen molar-refractivity contribution in [2.45, 2.75) is 33.2 Å². The van der Waals surface area contributed by atoms with Crippen LogP contribution in [0.5, 0.6) is 0 Å². The number of rotatable bonds is 5. The van der Waals surface area contributed by atoms with E-state index in [2.05, 4.69) is 25.7 Å². The van der Waals surface area contributed by atoms with Gasteiger partial charge in [-0.3, -0.25) is 10.3 Å². The molecule has 0 spiro atoms. The maximum absolute atomic E-state index is 7.36. The minimum absolute atomic E-state index is 0.118. The van der Waals surface area contributed by atoms with Crippen LogP contribution in [0.25, 0.3) is 0 Å². The summed E-state index contributed by atoms with van der Waals surface area (Å²) in [6.07, 6.45) is 0.915. The van der Waals surface area contributed by atoms with Crippen LogP contribution in [0.4, 0.5) is 0 Å². The second-order valence-electron chi connectivity index (χ2n) is 3.71. The summed E-state index contributed by atoms with van der Waals surface area (Å²) in [6, 6.07) is 0.118. The van der Waals surface area contributed by atoms with E-state index in [0.717, 1.165) is 13.0 Å². The normalized spacial score (nSPS) is 13.8. The lowest BCUT2D eigenvalue weighted by atomic mass is 10.1. The molecule has 12 heavy (non-hydrogen) atoms. The van der Waals surface area contributed by atoms with E-state index in [1.807, 2.05) is 7.05 Å². The lowest BCUT2D eigenvalue weighted by Gasteiger charge is -2.27. The zero-order valence-corrected chi connectivity index (χ0v) is 8.59. The van der Waals surface area contributed by atoms with Gasteiger partial charge >= 0.3 is 0 Å². The topological polar surface area (TPSA) is 53.1 Å². The molecule has 0 aromatic rings. The highest BCUT2D eigenvalue weighted by Crippen LogP contribution is 2.04. The van der Waals surface area contributed by atoms with Crippen molar-refractivity contribution in [2.24, 2.45) is 11.7 Å². The molecule has 0 bridgehead atoms. The third-order valence-electron chi connectivity index (χ3n) is 1.93. The third kappa shape index (κ3) is 3.72. The number of nitrogens with one attached hydrogen (secondary N) is 1. The van der Waals surface area contributed by atoms with Gasteiger partial charge in [0.1, 0.15) is 5.84 Å². The van der Waals surface area contributed by atoms with Crippen molar-refractivity contribution in [1.82, 2.24) is 4.90 Å². The van der Waals surface area contributed by atoms with Gasteiger partial charge in [0.25, 0.3) is 0 Å². The summed E-state index contributed by atoms with van der Waals surface area (Å²) in [7, 11) is 2.02. The first kappa shape index (κ1) is 11.4. The molecule has 0 aliphatic carbocycles. The number of hydrogen-bond donors (Lipinski definition) is 2. The molecule has 0 aromatic carbocycles. The fraction of sp³-hybridized carbons (Fsp3) is 0.889. The van der Waals surface area contributed by atoms with Crippen molar-refractivity contribution in [3.05, 3.63) is 0 Å². The molecule has 0 aliphatic heterocycles. The standard InChI is InChI=1S/C9H21N3/c1-5-8(9(10)11)12(4)6-7(2)3/h7-8H,5-6H2,1-4H3,(H3,10,11). The Hall–Kier alpha value is -0.570. The summed E-state index contributed by atoms with van der Waals surface area (Å²) in [5, 5.41) is 7.36. The van der Waals surface area contributed by atoms with Crippen LogP contribution < -0.4 is 5.73 Å². The molecule has 0 saturated carbocycles. The smallest absolute Gasteiger partial charge is 0.108 e. The van der Waals surface area contributed by atoms with Crippen LogP contribution in [0.15, 0.2) is 0 Å². The predicted octanol–water partition coefficient (Wildman–Crippen LogP) is 1.29. The summed E-state index contributed by atoms with van der Waals surface area (Å²) in [4.78, 5) is 2.15. The highest BCUT2D eigenvalue weighted by atomic mass is 15.1. The third-order valence-corrected chi connectivity index (χ3v) is 1.93. The number of nitrogens with zero attached hydrogens (tertiary/aromatic N) is 1. The van der Waals surface area contributed by atoms with Crippen LogP contribution in [-0.4, -0.2) is 30.4 Å². The minimum atomic E-state index is 0.118. The Balaban J connectivity index is 4.02. The Morgan fingerprint density at radius 2 is 2.00 bits per heavy atom. The Labute approximate surface area is 75.4 Å². The second kappa shape index (κ2) is 5.14. The van der Waals surface area contributed by atoms with Gasteiger partial charge in [-0.05, 0) is 19.4 Å². The Bertz CT molecular complexity index is 143. The second-order valence-corrected chi connectivity index (χ2v) is 3.71. The highest BCUT2D eigenvalue weighted by Gasteiger charge is 2.15. The summed E-state index contributed by atoms with van der Waals surface area (Å²) in [5.74, 6) is 0.907. The average molecular weight is 171 g/mol. The van der Waals surface area contributed by atoms with Gasteiger partial charge in [0.05, 0.1) is 6.04 Å². The Morgan fingerprint density at radius 3 is 2.25 bits per heavy atom. The molecule has 3 N–H and O–H groups in total. The van der Waals surface area contributed by atoms with Gasteiger partial charge < -0.3 is 5.73 Å². The highest BCUT2D eigenvalue weighted by molar-refractivity contribution is 5.82. The summed E-state index contributed by atoms with van der Waals surface area (Å²) >= 11 is 0. The van der Waals surface area contributed by atoms with Crippen LogP contribution >= 0.6 is 0 Å².